The molecule has 1 amide bonds. The predicted molar refractivity (Wildman–Crippen MR) is 123 cm³/mol. The normalized spacial score (nSPS) is 15.1. The fraction of sp³-hybridized carbons (Fsp3) is 0.292. The maximum absolute atomic E-state index is 13.5. The fourth-order valence-corrected chi connectivity index (χ4v) is 3.83. The smallest absolute Gasteiger partial charge is 0.255 e. The Morgan fingerprint density at radius 3 is 2.59 bits per heavy atom. The van der Waals surface area contributed by atoms with Gasteiger partial charge in [0, 0.05) is 11.4 Å². The molecule has 2 aromatic carbocycles. The number of amides is 1. The van der Waals surface area contributed by atoms with Crippen molar-refractivity contribution < 1.29 is 14.3 Å². The third-order valence-corrected chi connectivity index (χ3v) is 5.32. The average Bonchev–Trinajstić information content (AvgIpc) is 3.24. The summed E-state index contributed by atoms with van der Waals surface area (Å²) in [6, 6.07) is 12.9. The first-order chi connectivity index (χ1) is 15.5. The van der Waals surface area contributed by atoms with E-state index in [1.807, 2.05) is 70.2 Å². The fourth-order valence-electron chi connectivity index (χ4n) is 3.83. The van der Waals surface area contributed by atoms with Gasteiger partial charge in [-0.25, -0.2) is 4.68 Å². The van der Waals surface area contributed by atoms with Gasteiger partial charge >= 0.3 is 0 Å². The standard InChI is InChI=1S/C24H27N5O3/c1-5-31-19-12-11-17(13-20(19)32-6-2)22-21(16(4)27-24-25-14-26-29(22)24)23(30)28-18-10-8-7-9-15(18)3/h7-14,22H,5-6H2,1-4H3,(H,28,30)(H,25,26,27). The summed E-state index contributed by atoms with van der Waals surface area (Å²) in [4.78, 5) is 17.8. The summed E-state index contributed by atoms with van der Waals surface area (Å²) in [5.41, 5.74) is 3.87. The van der Waals surface area contributed by atoms with Gasteiger partial charge in [0.1, 0.15) is 12.4 Å². The van der Waals surface area contributed by atoms with E-state index in [4.69, 9.17) is 9.47 Å². The lowest BCUT2D eigenvalue weighted by molar-refractivity contribution is -0.113. The number of nitrogens with one attached hydrogen (secondary N) is 2. The number of hydrogen-bond donors (Lipinski definition) is 2. The summed E-state index contributed by atoms with van der Waals surface area (Å²) < 4.78 is 13.2. The number of carbonyl (C=O) groups is 1. The number of rotatable bonds is 7. The van der Waals surface area contributed by atoms with Crippen molar-refractivity contribution >= 4 is 17.5 Å². The molecule has 1 aromatic heterocycles. The number of nitrogens with zero attached hydrogens (tertiary/aromatic N) is 3. The van der Waals surface area contributed by atoms with Crippen LogP contribution in [-0.4, -0.2) is 33.9 Å². The van der Waals surface area contributed by atoms with Gasteiger partial charge in [0.15, 0.2) is 11.5 Å². The molecule has 3 aromatic rings. The third kappa shape index (κ3) is 4.03. The number of para-hydroxylation sites is 1. The van der Waals surface area contributed by atoms with Gasteiger partial charge in [0.05, 0.1) is 18.8 Å². The van der Waals surface area contributed by atoms with Crippen molar-refractivity contribution in [3.05, 3.63) is 71.2 Å². The van der Waals surface area contributed by atoms with Crippen LogP contribution in [0.25, 0.3) is 0 Å². The van der Waals surface area contributed by atoms with E-state index < -0.39 is 6.04 Å². The lowest BCUT2D eigenvalue weighted by Crippen LogP contribution is -2.31. The van der Waals surface area contributed by atoms with E-state index in [0.717, 1.165) is 16.8 Å². The van der Waals surface area contributed by atoms with E-state index in [0.29, 0.717) is 41.9 Å². The summed E-state index contributed by atoms with van der Waals surface area (Å²) in [6.45, 7) is 8.72. The van der Waals surface area contributed by atoms with E-state index >= 15 is 0 Å². The van der Waals surface area contributed by atoms with Gasteiger partial charge < -0.3 is 20.1 Å². The molecule has 1 aliphatic heterocycles. The quantitative estimate of drug-likeness (QED) is 0.577. The highest BCUT2D eigenvalue weighted by Gasteiger charge is 2.34. The Labute approximate surface area is 187 Å². The molecule has 0 radical (unpaired) electrons. The summed E-state index contributed by atoms with van der Waals surface area (Å²) in [5, 5.41) is 10.6. The molecule has 0 saturated heterocycles. The number of benzene rings is 2. The summed E-state index contributed by atoms with van der Waals surface area (Å²) in [5.74, 6) is 1.66. The van der Waals surface area contributed by atoms with Gasteiger partial charge in [-0.05, 0) is 57.0 Å². The Bertz CT molecular complexity index is 1170. The van der Waals surface area contributed by atoms with Crippen LogP contribution in [0.15, 0.2) is 60.1 Å². The highest BCUT2D eigenvalue weighted by molar-refractivity contribution is 6.06. The summed E-state index contributed by atoms with van der Waals surface area (Å²) in [6.07, 6.45) is 1.48. The summed E-state index contributed by atoms with van der Waals surface area (Å²) in [7, 11) is 0. The number of ether oxygens (including phenoxy) is 2. The second kappa shape index (κ2) is 9.13. The van der Waals surface area contributed by atoms with Crippen molar-refractivity contribution in [1.82, 2.24) is 14.8 Å². The molecule has 2 heterocycles. The number of carbonyl (C=O) groups excluding carboxylic acids is 1. The van der Waals surface area contributed by atoms with E-state index in [9.17, 15) is 4.79 Å². The van der Waals surface area contributed by atoms with Crippen LogP contribution < -0.4 is 20.1 Å². The Balaban J connectivity index is 1.78. The van der Waals surface area contributed by atoms with E-state index in [1.165, 1.54) is 6.33 Å². The molecule has 166 valence electrons. The van der Waals surface area contributed by atoms with Crippen molar-refractivity contribution in [2.75, 3.05) is 23.8 Å². The summed E-state index contributed by atoms with van der Waals surface area (Å²) >= 11 is 0. The maximum Gasteiger partial charge on any atom is 0.255 e. The number of hydrogen-bond acceptors (Lipinski definition) is 6. The van der Waals surface area contributed by atoms with Crippen LogP contribution in [0.1, 0.15) is 37.9 Å². The Morgan fingerprint density at radius 1 is 1.09 bits per heavy atom. The number of allylic oxidation sites excluding steroid dienone is 1. The molecule has 0 aliphatic carbocycles. The Kier molecular flexibility index (Phi) is 6.11. The molecular formula is C24H27N5O3. The van der Waals surface area contributed by atoms with Crippen LogP contribution >= 0.6 is 0 Å². The minimum absolute atomic E-state index is 0.206. The minimum atomic E-state index is -0.479. The zero-order valence-corrected chi connectivity index (χ0v) is 18.7. The van der Waals surface area contributed by atoms with Crippen LogP contribution in [0, 0.1) is 6.92 Å². The molecule has 0 fully saturated rings. The number of aromatic nitrogens is 3. The van der Waals surface area contributed by atoms with Crippen LogP contribution in [0.2, 0.25) is 0 Å². The molecule has 1 unspecified atom stereocenters. The van der Waals surface area contributed by atoms with Gasteiger partial charge in [0.2, 0.25) is 5.95 Å². The molecule has 0 bridgehead atoms. The SMILES string of the molecule is CCOc1ccc(C2C(C(=O)Nc3ccccc3C)=C(C)Nc3ncnn32)cc1OCC. The topological polar surface area (TPSA) is 90.3 Å². The van der Waals surface area contributed by atoms with Gasteiger partial charge in [-0.1, -0.05) is 24.3 Å². The molecular weight excluding hydrogens is 406 g/mol. The van der Waals surface area contributed by atoms with Crippen molar-refractivity contribution in [1.29, 1.82) is 0 Å². The molecule has 1 aliphatic rings. The first kappa shape index (κ1) is 21.4. The average molecular weight is 434 g/mol. The highest BCUT2D eigenvalue weighted by Crippen LogP contribution is 2.39. The molecule has 4 rings (SSSR count). The van der Waals surface area contributed by atoms with Crippen LogP contribution in [-0.2, 0) is 4.79 Å². The number of aryl methyl sites for hydroxylation is 1. The molecule has 8 nitrogen and oxygen atoms in total. The molecule has 32 heavy (non-hydrogen) atoms. The lowest BCUT2D eigenvalue weighted by Gasteiger charge is -2.29. The zero-order chi connectivity index (χ0) is 22.7. The van der Waals surface area contributed by atoms with Crippen molar-refractivity contribution in [2.45, 2.75) is 33.7 Å². The molecule has 0 spiro atoms. The molecule has 0 saturated carbocycles. The molecule has 8 heteroatoms. The van der Waals surface area contributed by atoms with Crippen molar-refractivity contribution in [2.24, 2.45) is 0 Å². The molecule has 2 N–H and O–H groups in total. The third-order valence-electron chi connectivity index (χ3n) is 5.32. The van der Waals surface area contributed by atoms with Crippen LogP contribution in [0.4, 0.5) is 11.6 Å². The second-order valence-electron chi connectivity index (χ2n) is 7.44. The van der Waals surface area contributed by atoms with Gasteiger partial charge in [-0.15, -0.1) is 0 Å². The number of fused-ring (bicyclic) bond motifs is 1. The van der Waals surface area contributed by atoms with E-state index in [2.05, 4.69) is 20.7 Å². The van der Waals surface area contributed by atoms with E-state index in [1.54, 1.807) is 4.68 Å². The second-order valence-corrected chi connectivity index (χ2v) is 7.44. The first-order valence-electron chi connectivity index (χ1n) is 10.7. The Hall–Kier alpha value is -3.81. The minimum Gasteiger partial charge on any atom is -0.490 e. The largest absolute Gasteiger partial charge is 0.490 e. The Morgan fingerprint density at radius 2 is 1.84 bits per heavy atom. The van der Waals surface area contributed by atoms with Crippen LogP contribution in [0.3, 0.4) is 0 Å². The van der Waals surface area contributed by atoms with Gasteiger partial charge in [-0.2, -0.15) is 10.1 Å². The van der Waals surface area contributed by atoms with Gasteiger partial charge in [0.25, 0.3) is 5.91 Å². The van der Waals surface area contributed by atoms with Crippen molar-refractivity contribution in [3.8, 4) is 11.5 Å². The first-order valence-corrected chi connectivity index (χ1v) is 10.7. The molecule has 1 atom stereocenters. The van der Waals surface area contributed by atoms with Crippen molar-refractivity contribution in [3.63, 3.8) is 0 Å². The van der Waals surface area contributed by atoms with Crippen LogP contribution in [0.5, 0.6) is 11.5 Å². The predicted octanol–water partition coefficient (Wildman–Crippen LogP) is 4.31. The number of anilines is 2. The van der Waals surface area contributed by atoms with Gasteiger partial charge in [-0.3, -0.25) is 4.79 Å². The lowest BCUT2D eigenvalue weighted by atomic mass is 9.94. The monoisotopic (exact) mass is 433 g/mol. The highest BCUT2D eigenvalue weighted by atomic mass is 16.5. The maximum atomic E-state index is 13.5. The zero-order valence-electron chi connectivity index (χ0n) is 18.7. The van der Waals surface area contributed by atoms with E-state index in [-0.39, 0.29) is 5.91 Å².